The smallest absolute Gasteiger partial charge is 0.115 e. The first-order chi connectivity index (χ1) is 8.69. The molecule has 0 saturated carbocycles. The molecule has 90 valence electrons. The minimum atomic E-state index is -1.02. The summed E-state index contributed by atoms with van der Waals surface area (Å²) < 4.78 is 1.13. The van der Waals surface area contributed by atoms with Gasteiger partial charge in [0.05, 0.1) is 0 Å². The third-order valence-corrected chi connectivity index (χ3v) is 4.19. The van der Waals surface area contributed by atoms with E-state index < -0.39 is 5.60 Å². The van der Waals surface area contributed by atoms with Crippen LogP contribution < -0.4 is 0 Å². The van der Waals surface area contributed by atoms with E-state index in [-0.39, 0.29) is 0 Å². The van der Waals surface area contributed by atoms with E-state index in [1.807, 2.05) is 36.6 Å². The molecular weight excluding hydrogens is 242 g/mol. The molecule has 1 unspecified atom stereocenters. The van der Waals surface area contributed by atoms with Crippen molar-refractivity contribution in [1.29, 1.82) is 0 Å². The first-order valence-corrected chi connectivity index (χ1v) is 6.67. The van der Waals surface area contributed by atoms with E-state index in [1.54, 1.807) is 23.7 Å². The van der Waals surface area contributed by atoms with Gasteiger partial charge in [0, 0.05) is 28.2 Å². The second-order valence-corrected chi connectivity index (χ2v) is 5.37. The lowest BCUT2D eigenvalue weighted by Crippen LogP contribution is -2.22. The molecule has 2 aromatic heterocycles. The molecule has 0 amide bonds. The van der Waals surface area contributed by atoms with Crippen LogP contribution in [0.5, 0.6) is 0 Å². The molecule has 3 rings (SSSR count). The summed E-state index contributed by atoms with van der Waals surface area (Å²) in [6.45, 7) is 1.82. The van der Waals surface area contributed by atoms with Gasteiger partial charge in [-0.25, -0.2) is 0 Å². The maximum Gasteiger partial charge on any atom is 0.115 e. The number of hydrogen-bond acceptors (Lipinski definition) is 3. The highest BCUT2D eigenvalue weighted by Gasteiger charge is 2.27. The average Bonchev–Trinajstić information content (AvgIpc) is 2.87. The third-order valence-electron chi connectivity index (χ3n) is 3.23. The molecule has 3 aromatic rings. The Kier molecular flexibility index (Phi) is 2.65. The van der Waals surface area contributed by atoms with Crippen molar-refractivity contribution in [2.45, 2.75) is 12.5 Å². The van der Waals surface area contributed by atoms with Crippen LogP contribution in [0.2, 0.25) is 0 Å². The van der Waals surface area contributed by atoms with Gasteiger partial charge in [0.2, 0.25) is 0 Å². The lowest BCUT2D eigenvalue weighted by atomic mass is 9.89. The molecule has 1 atom stereocenters. The van der Waals surface area contributed by atoms with Crippen molar-refractivity contribution in [2.75, 3.05) is 0 Å². The van der Waals surface area contributed by atoms with Gasteiger partial charge in [0.15, 0.2) is 0 Å². The van der Waals surface area contributed by atoms with Crippen LogP contribution in [-0.2, 0) is 5.60 Å². The van der Waals surface area contributed by atoms with Crippen LogP contribution in [0.1, 0.15) is 18.1 Å². The van der Waals surface area contributed by atoms with Gasteiger partial charge in [0.1, 0.15) is 5.60 Å². The Morgan fingerprint density at radius 1 is 1.17 bits per heavy atom. The van der Waals surface area contributed by atoms with Gasteiger partial charge in [-0.2, -0.15) is 0 Å². The zero-order chi connectivity index (χ0) is 12.6. The van der Waals surface area contributed by atoms with E-state index in [0.29, 0.717) is 0 Å². The lowest BCUT2D eigenvalue weighted by molar-refractivity contribution is 0.104. The largest absolute Gasteiger partial charge is 0.381 e. The number of benzene rings is 1. The van der Waals surface area contributed by atoms with Crippen LogP contribution in [-0.4, -0.2) is 10.1 Å². The molecule has 0 saturated heterocycles. The maximum atomic E-state index is 10.8. The Labute approximate surface area is 110 Å². The summed E-state index contributed by atoms with van der Waals surface area (Å²) in [5.74, 6) is 0. The summed E-state index contributed by atoms with van der Waals surface area (Å²) in [4.78, 5) is 4.09. The maximum absolute atomic E-state index is 10.8. The fourth-order valence-electron chi connectivity index (χ4n) is 2.18. The number of pyridine rings is 1. The highest BCUT2D eigenvalue weighted by Crippen LogP contribution is 2.36. The number of aromatic nitrogens is 1. The van der Waals surface area contributed by atoms with E-state index in [2.05, 4.69) is 17.1 Å². The second kappa shape index (κ2) is 4.19. The molecule has 0 aliphatic heterocycles. The summed E-state index contributed by atoms with van der Waals surface area (Å²) in [5, 5.41) is 14.1. The van der Waals surface area contributed by atoms with Crippen molar-refractivity contribution in [1.82, 2.24) is 4.98 Å². The summed E-state index contributed by atoms with van der Waals surface area (Å²) in [6, 6.07) is 11.8. The molecule has 0 radical (unpaired) electrons. The SMILES string of the molecule is CC(O)(c1cccnc1)c1cccc2ccsc12. The number of hydrogen-bond donors (Lipinski definition) is 1. The van der Waals surface area contributed by atoms with Gasteiger partial charge in [-0.3, -0.25) is 4.98 Å². The monoisotopic (exact) mass is 255 g/mol. The lowest BCUT2D eigenvalue weighted by Gasteiger charge is -2.24. The quantitative estimate of drug-likeness (QED) is 0.759. The Morgan fingerprint density at radius 2 is 2.06 bits per heavy atom. The molecule has 0 aliphatic carbocycles. The number of thiophene rings is 1. The van der Waals surface area contributed by atoms with Gasteiger partial charge < -0.3 is 5.11 Å². The van der Waals surface area contributed by atoms with E-state index in [0.717, 1.165) is 15.8 Å². The molecule has 2 nitrogen and oxygen atoms in total. The number of nitrogens with zero attached hydrogens (tertiary/aromatic N) is 1. The Bertz CT molecular complexity index is 673. The molecule has 0 bridgehead atoms. The van der Waals surface area contributed by atoms with Crippen molar-refractivity contribution in [3.8, 4) is 0 Å². The van der Waals surface area contributed by atoms with Crippen molar-refractivity contribution < 1.29 is 5.11 Å². The second-order valence-electron chi connectivity index (χ2n) is 4.46. The molecule has 2 heterocycles. The predicted molar refractivity (Wildman–Crippen MR) is 74.7 cm³/mol. The fraction of sp³-hybridized carbons (Fsp3) is 0.133. The van der Waals surface area contributed by atoms with Gasteiger partial charge in [-0.05, 0) is 29.8 Å². The molecule has 1 aromatic carbocycles. The van der Waals surface area contributed by atoms with Crippen molar-refractivity contribution in [3.05, 3.63) is 65.3 Å². The highest BCUT2D eigenvalue weighted by atomic mass is 32.1. The zero-order valence-corrected chi connectivity index (χ0v) is 10.8. The normalized spacial score (nSPS) is 14.6. The predicted octanol–water partition coefficient (Wildman–Crippen LogP) is 3.55. The number of fused-ring (bicyclic) bond motifs is 1. The van der Waals surface area contributed by atoms with Crippen LogP contribution in [0, 0.1) is 0 Å². The van der Waals surface area contributed by atoms with Crippen LogP contribution in [0.3, 0.4) is 0 Å². The summed E-state index contributed by atoms with van der Waals surface area (Å²) in [7, 11) is 0. The minimum absolute atomic E-state index is 0.811. The fourth-order valence-corrected chi connectivity index (χ4v) is 3.20. The molecule has 0 spiro atoms. The zero-order valence-electron chi connectivity index (χ0n) is 10.00. The van der Waals surface area contributed by atoms with Crippen LogP contribution in [0.25, 0.3) is 10.1 Å². The van der Waals surface area contributed by atoms with Crippen LogP contribution >= 0.6 is 11.3 Å². The van der Waals surface area contributed by atoms with Gasteiger partial charge >= 0.3 is 0 Å². The van der Waals surface area contributed by atoms with E-state index in [4.69, 9.17) is 0 Å². The van der Waals surface area contributed by atoms with Crippen LogP contribution in [0.4, 0.5) is 0 Å². The van der Waals surface area contributed by atoms with Gasteiger partial charge in [-0.1, -0.05) is 24.3 Å². The van der Waals surface area contributed by atoms with E-state index >= 15 is 0 Å². The Morgan fingerprint density at radius 3 is 2.83 bits per heavy atom. The summed E-state index contributed by atoms with van der Waals surface area (Å²) >= 11 is 1.66. The summed E-state index contributed by atoms with van der Waals surface area (Å²) in [5.41, 5.74) is 0.729. The first-order valence-electron chi connectivity index (χ1n) is 5.79. The van der Waals surface area contributed by atoms with Crippen LogP contribution in [0.15, 0.2) is 54.2 Å². The highest BCUT2D eigenvalue weighted by molar-refractivity contribution is 7.17. The Balaban J connectivity index is 2.22. The Hall–Kier alpha value is -1.71. The van der Waals surface area contributed by atoms with Gasteiger partial charge in [0.25, 0.3) is 0 Å². The minimum Gasteiger partial charge on any atom is -0.381 e. The average molecular weight is 255 g/mol. The molecule has 3 heteroatoms. The van der Waals surface area contributed by atoms with Crippen molar-refractivity contribution >= 4 is 21.4 Å². The van der Waals surface area contributed by atoms with Crippen molar-refractivity contribution in [2.24, 2.45) is 0 Å². The number of rotatable bonds is 2. The third kappa shape index (κ3) is 1.72. The topological polar surface area (TPSA) is 33.1 Å². The molecule has 18 heavy (non-hydrogen) atoms. The van der Waals surface area contributed by atoms with E-state index in [9.17, 15) is 5.11 Å². The molecular formula is C15H13NOS. The summed E-state index contributed by atoms with van der Waals surface area (Å²) in [6.07, 6.45) is 3.43. The molecule has 1 N–H and O–H groups in total. The molecule has 0 aliphatic rings. The standard InChI is InChI=1S/C15H13NOS/c1-15(17,12-5-3-8-16-10-12)13-6-2-4-11-7-9-18-14(11)13/h2-10,17H,1H3. The van der Waals surface area contributed by atoms with Crippen molar-refractivity contribution in [3.63, 3.8) is 0 Å². The first kappa shape index (κ1) is 11.4. The van der Waals surface area contributed by atoms with Gasteiger partial charge in [-0.15, -0.1) is 11.3 Å². The van der Waals surface area contributed by atoms with E-state index in [1.165, 1.54) is 5.39 Å². The molecule has 0 fully saturated rings. The number of aliphatic hydroxyl groups is 1.